The van der Waals surface area contributed by atoms with Gasteiger partial charge in [0.15, 0.2) is 0 Å². The van der Waals surface area contributed by atoms with E-state index in [1.54, 1.807) is 0 Å². The summed E-state index contributed by atoms with van der Waals surface area (Å²) in [6.45, 7) is 0. The average molecular weight is 276 g/mol. The van der Waals surface area contributed by atoms with Gasteiger partial charge in [-0.25, -0.2) is 13.2 Å². The van der Waals surface area contributed by atoms with E-state index in [4.69, 9.17) is 0 Å². The maximum atomic E-state index is 13.3. The number of halogens is 6. The Morgan fingerprint density at radius 3 is 1.79 bits per heavy atom. The average Bonchev–Trinajstić information content (AvgIpc) is 2.25. The standard InChI is InChI=1S/C13H6F6/c14-9-3-1-2-7(4-9)8-5-10(15)12(11(16)6-8)13(17,18)19/h1-6H. The highest BCUT2D eigenvalue weighted by Crippen LogP contribution is 2.35. The Labute approximate surface area is 104 Å². The third kappa shape index (κ3) is 2.72. The van der Waals surface area contributed by atoms with Crippen LogP contribution in [0.3, 0.4) is 0 Å². The van der Waals surface area contributed by atoms with Gasteiger partial charge in [-0.15, -0.1) is 0 Å². The van der Waals surface area contributed by atoms with Crippen molar-refractivity contribution in [2.45, 2.75) is 6.18 Å². The van der Waals surface area contributed by atoms with Gasteiger partial charge in [-0.3, -0.25) is 0 Å². The van der Waals surface area contributed by atoms with Crippen LogP contribution in [0.1, 0.15) is 5.56 Å². The molecule has 2 aromatic rings. The van der Waals surface area contributed by atoms with Crippen LogP contribution >= 0.6 is 0 Å². The molecule has 2 aromatic carbocycles. The number of alkyl halides is 3. The normalized spacial score (nSPS) is 11.7. The van der Waals surface area contributed by atoms with Gasteiger partial charge in [-0.2, -0.15) is 13.2 Å². The summed E-state index contributed by atoms with van der Waals surface area (Å²) in [5, 5.41) is 0. The van der Waals surface area contributed by atoms with Crippen molar-refractivity contribution in [3.8, 4) is 11.1 Å². The Bertz CT molecular complexity index is 592. The molecule has 0 radical (unpaired) electrons. The molecule has 100 valence electrons. The van der Waals surface area contributed by atoms with Gasteiger partial charge in [0.25, 0.3) is 0 Å². The van der Waals surface area contributed by atoms with Crippen LogP contribution in [0, 0.1) is 17.5 Å². The van der Waals surface area contributed by atoms with E-state index in [1.807, 2.05) is 0 Å². The minimum atomic E-state index is -5.12. The minimum absolute atomic E-state index is 0.0894. The summed E-state index contributed by atoms with van der Waals surface area (Å²) in [6.07, 6.45) is -5.12. The lowest BCUT2D eigenvalue weighted by molar-refractivity contribution is -0.142. The van der Waals surface area contributed by atoms with E-state index < -0.39 is 29.2 Å². The van der Waals surface area contributed by atoms with Crippen LogP contribution < -0.4 is 0 Å². The van der Waals surface area contributed by atoms with E-state index in [1.165, 1.54) is 12.1 Å². The van der Waals surface area contributed by atoms with Crippen LogP contribution in [-0.4, -0.2) is 0 Å². The lowest BCUT2D eigenvalue weighted by atomic mass is 10.0. The second-order valence-electron chi connectivity index (χ2n) is 3.82. The Morgan fingerprint density at radius 1 is 0.737 bits per heavy atom. The van der Waals surface area contributed by atoms with E-state index >= 15 is 0 Å². The largest absolute Gasteiger partial charge is 0.422 e. The molecular weight excluding hydrogens is 270 g/mol. The molecule has 6 heteroatoms. The molecular formula is C13H6F6. The zero-order chi connectivity index (χ0) is 14.2. The molecule has 0 unspecified atom stereocenters. The summed E-state index contributed by atoms with van der Waals surface area (Å²) in [6, 6.07) is 5.77. The highest BCUT2D eigenvalue weighted by Gasteiger charge is 2.37. The van der Waals surface area contributed by atoms with Crippen LogP contribution in [0.5, 0.6) is 0 Å². The van der Waals surface area contributed by atoms with Crippen LogP contribution in [0.4, 0.5) is 26.3 Å². The summed E-state index contributed by atoms with van der Waals surface area (Å²) in [5.74, 6) is -4.11. The van der Waals surface area contributed by atoms with Gasteiger partial charge in [0.05, 0.1) is 0 Å². The predicted octanol–water partition coefficient (Wildman–Crippen LogP) is 4.79. The molecule has 0 aliphatic carbocycles. The summed E-state index contributed by atoms with van der Waals surface area (Å²) >= 11 is 0. The zero-order valence-corrected chi connectivity index (χ0v) is 9.23. The van der Waals surface area contributed by atoms with Crippen LogP contribution in [0.2, 0.25) is 0 Å². The van der Waals surface area contributed by atoms with E-state index in [9.17, 15) is 26.3 Å². The lowest BCUT2D eigenvalue weighted by Crippen LogP contribution is -2.11. The van der Waals surface area contributed by atoms with Gasteiger partial charge in [-0.1, -0.05) is 12.1 Å². The van der Waals surface area contributed by atoms with Crippen molar-refractivity contribution < 1.29 is 26.3 Å². The van der Waals surface area contributed by atoms with Gasteiger partial charge < -0.3 is 0 Å². The Balaban J connectivity index is 2.58. The molecule has 0 atom stereocenters. The topological polar surface area (TPSA) is 0 Å². The fourth-order valence-electron chi connectivity index (χ4n) is 1.68. The number of benzene rings is 2. The van der Waals surface area contributed by atoms with Gasteiger partial charge in [-0.05, 0) is 35.4 Å². The van der Waals surface area contributed by atoms with Crippen LogP contribution in [0.25, 0.3) is 11.1 Å². The van der Waals surface area contributed by atoms with E-state index in [2.05, 4.69) is 0 Å². The van der Waals surface area contributed by atoms with Gasteiger partial charge in [0.1, 0.15) is 23.0 Å². The summed E-state index contributed by atoms with van der Waals surface area (Å²) in [7, 11) is 0. The maximum absolute atomic E-state index is 13.3. The van der Waals surface area contributed by atoms with E-state index in [0.717, 1.165) is 12.1 Å². The Hall–Kier alpha value is -1.98. The fourth-order valence-corrected chi connectivity index (χ4v) is 1.68. The van der Waals surface area contributed by atoms with E-state index in [-0.39, 0.29) is 11.1 Å². The first kappa shape index (κ1) is 13.5. The molecule has 0 N–H and O–H groups in total. The molecule has 2 rings (SSSR count). The molecule has 0 aromatic heterocycles. The summed E-state index contributed by atoms with van der Waals surface area (Å²) in [4.78, 5) is 0. The summed E-state index contributed by atoms with van der Waals surface area (Å²) < 4.78 is 76.7. The SMILES string of the molecule is Fc1cccc(-c2cc(F)c(C(F)(F)F)c(F)c2)c1. The molecule has 0 aliphatic heterocycles. The molecule has 0 amide bonds. The maximum Gasteiger partial charge on any atom is 0.422 e. The van der Waals surface area contributed by atoms with Crippen molar-refractivity contribution in [3.05, 3.63) is 59.4 Å². The smallest absolute Gasteiger partial charge is 0.207 e. The molecule has 0 bridgehead atoms. The van der Waals surface area contributed by atoms with Crippen molar-refractivity contribution in [1.29, 1.82) is 0 Å². The number of hydrogen-bond donors (Lipinski definition) is 0. The molecule has 0 aliphatic rings. The zero-order valence-electron chi connectivity index (χ0n) is 9.23. The monoisotopic (exact) mass is 276 g/mol. The molecule has 0 saturated heterocycles. The van der Waals surface area contributed by atoms with Crippen molar-refractivity contribution in [2.24, 2.45) is 0 Å². The first-order valence-corrected chi connectivity index (χ1v) is 5.11. The molecule has 0 spiro atoms. The Morgan fingerprint density at radius 2 is 1.32 bits per heavy atom. The van der Waals surface area contributed by atoms with Crippen LogP contribution in [-0.2, 0) is 6.18 Å². The Kier molecular flexibility index (Phi) is 3.26. The minimum Gasteiger partial charge on any atom is -0.207 e. The first-order chi connectivity index (χ1) is 8.79. The van der Waals surface area contributed by atoms with E-state index in [0.29, 0.717) is 12.1 Å². The van der Waals surface area contributed by atoms with Gasteiger partial charge in [0.2, 0.25) is 0 Å². The molecule has 0 fully saturated rings. The van der Waals surface area contributed by atoms with Crippen molar-refractivity contribution in [2.75, 3.05) is 0 Å². The van der Waals surface area contributed by atoms with Crippen molar-refractivity contribution in [3.63, 3.8) is 0 Å². The third-order valence-electron chi connectivity index (χ3n) is 2.48. The summed E-state index contributed by atoms with van der Waals surface area (Å²) in [5.41, 5.74) is -2.03. The highest BCUT2D eigenvalue weighted by molar-refractivity contribution is 5.64. The third-order valence-corrected chi connectivity index (χ3v) is 2.48. The lowest BCUT2D eigenvalue weighted by Gasteiger charge is -2.11. The van der Waals surface area contributed by atoms with Crippen molar-refractivity contribution >= 4 is 0 Å². The molecule has 0 nitrogen and oxygen atoms in total. The molecule has 19 heavy (non-hydrogen) atoms. The molecule has 0 saturated carbocycles. The quantitative estimate of drug-likeness (QED) is 0.657. The van der Waals surface area contributed by atoms with Gasteiger partial charge >= 0.3 is 6.18 Å². The highest BCUT2D eigenvalue weighted by atomic mass is 19.4. The number of rotatable bonds is 1. The molecule has 0 heterocycles. The van der Waals surface area contributed by atoms with Crippen LogP contribution in [0.15, 0.2) is 36.4 Å². The number of hydrogen-bond acceptors (Lipinski definition) is 0. The predicted molar refractivity (Wildman–Crippen MR) is 56.8 cm³/mol. The van der Waals surface area contributed by atoms with Crippen molar-refractivity contribution in [1.82, 2.24) is 0 Å². The second-order valence-corrected chi connectivity index (χ2v) is 3.82. The first-order valence-electron chi connectivity index (χ1n) is 5.11. The van der Waals surface area contributed by atoms with Gasteiger partial charge in [0, 0.05) is 0 Å². The second kappa shape index (κ2) is 4.60. The fraction of sp³-hybridized carbons (Fsp3) is 0.0769.